The van der Waals surface area contributed by atoms with E-state index in [1.54, 1.807) is 0 Å². The maximum absolute atomic E-state index is 13.5. The van der Waals surface area contributed by atoms with Crippen molar-refractivity contribution in [1.29, 1.82) is 0 Å². The van der Waals surface area contributed by atoms with Crippen molar-refractivity contribution in [3.63, 3.8) is 0 Å². The molecule has 0 amide bonds. The minimum absolute atomic E-state index is 0.276. The van der Waals surface area contributed by atoms with E-state index in [2.05, 4.69) is 0 Å². The fraction of sp³-hybridized carbons (Fsp3) is 0.111. The number of carboxylic acid groups (broad SMARTS) is 1. The first-order valence-corrected chi connectivity index (χ1v) is 7.04. The Bertz CT molecular complexity index is 762. The fourth-order valence-corrected chi connectivity index (χ4v) is 1.88. The number of carbonyl (C=O) groups is 2. The predicted molar refractivity (Wildman–Crippen MR) is 83.9 cm³/mol. The van der Waals surface area contributed by atoms with Gasteiger partial charge in [0.25, 0.3) is 0 Å². The van der Waals surface area contributed by atoms with E-state index < -0.39 is 29.5 Å². The van der Waals surface area contributed by atoms with Crippen molar-refractivity contribution in [3.05, 3.63) is 71.3 Å². The number of benzene rings is 2. The summed E-state index contributed by atoms with van der Waals surface area (Å²) in [7, 11) is 0. The van der Waals surface area contributed by atoms with Gasteiger partial charge in [0, 0.05) is 11.1 Å². The van der Waals surface area contributed by atoms with Crippen LogP contribution < -0.4 is 4.74 Å². The van der Waals surface area contributed by atoms with Crippen LogP contribution in [0.2, 0.25) is 0 Å². The molecule has 0 aliphatic carbocycles. The lowest BCUT2D eigenvalue weighted by molar-refractivity contribution is -0.144. The van der Waals surface area contributed by atoms with Crippen LogP contribution in [0.15, 0.2) is 48.5 Å². The van der Waals surface area contributed by atoms with Crippen LogP contribution in [-0.2, 0) is 4.79 Å². The smallest absolute Gasteiger partial charge is 0.344 e. The Morgan fingerprint density at radius 3 is 2.21 bits per heavy atom. The second-order valence-corrected chi connectivity index (χ2v) is 4.96. The molecule has 2 aromatic rings. The van der Waals surface area contributed by atoms with Crippen molar-refractivity contribution in [3.8, 4) is 5.75 Å². The van der Waals surface area contributed by atoms with Gasteiger partial charge in [-0.15, -0.1) is 0 Å². The van der Waals surface area contributed by atoms with Crippen molar-refractivity contribution in [2.45, 2.75) is 13.0 Å². The molecule has 0 bridgehead atoms. The Balaban J connectivity index is 2.10. The number of aliphatic carboxylic acids is 1. The van der Waals surface area contributed by atoms with Crippen LogP contribution in [0.3, 0.4) is 0 Å². The summed E-state index contributed by atoms with van der Waals surface area (Å²) in [6.45, 7) is 1.38. The van der Waals surface area contributed by atoms with Gasteiger partial charge in [-0.2, -0.15) is 0 Å². The van der Waals surface area contributed by atoms with Gasteiger partial charge in [0.1, 0.15) is 17.4 Å². The molecular formula is C18H14F2O4. The number of hydrogen-bond acceptors (Lipinski definition) is 3. The molecule has 124 valence electrons. The van der Waals surface area contributed by atoms with Crippen molar-refractivity contribution in [2.75, 3.05) is 0 Å². The van der Waals surface area contributed by atoms with Crippen LogP contribution in [0, 0.1) is 11.6 Å². The maximum Gasteiger partial charge on any atom is 0.344 e. The Hall–Kier alpha value is -3.02. The number of halogens is 2. The zero-order valence-electron chi connectivity index (χ0n) is 12.7. The highest BCUT2D eigenvalue weighted by Crippen LogP contribution is 2.17. The highest BCUT2D eigenvalue weighted by Gasteiger charge is 2.12. The molecule has 1 unspecified atom stereocenters. The lowest BCUT2D eigenvalue weighted by Crippen LogP contribution is -2.22. The Labute approximate surface area is 137 Å². The van der Waals surface area contributed by atoms with E-state index in [0.29, 0.717) is 5.75 Å². The molecule has 6 heteroatoms. The van der Waals surface area contributed by atoms with Gasteiger partial charge in [0.05, 0.1) is 0 Å². The molecule has 2 aromatic carbocycles. The second kappa shape index (κ2) is 7.50. The Morgan fingerprint density at radius 1 is 1.08 bits per heavy atom. The standard InChI is InChI=1S/C18H14F2O4/c1-11(18(22)23)24-13-7-5-12(6-8-13)17(21)10-9-14-15(19)3-2-4-16(14)20/h2-11H,1H3,(H,22,23)/b10-9+. The van der Waals surface area contributed by atoms with Crippen molar-refractivity contribution >= 4 is 17.8 Å². The lowest BCUT2D eigenvalue weighted by atomic mass is 10.1. The summed E-state index contributed by atoms with van der Waals surface area (Å²) in [4.78, 5) is 22.7. The SMILES string of the molecule is CC(Oc1ccc(C(=O)/C=C/c2c(F)cccc2F)cc1)C(=O)O. The number of carboxylic acids is 1. The molecule has 0 aliphatic heterocycles. The van der Waals surface area contributed by atoms with E-state index in [-0.39, 0.29) is 11.1 Å². The zero-order chi connectivity index (χ0) is 17.7. The fourth-order valence-electron chi connectivity index (χ4n) is 1.88. The molecule has 2 rings (SSSR count). The van der Waals surface area contributed by atoms with E-state index >= 15 is 0 Å². The largest absolute Gasteiger partial charge is 0.479 e. The van der Waals surface area contributed by atoms with Crippen LogP contribution in [0.4, 0.5) is 8.78 Å². The molecule has 0 heterocycles. The third-order valence-electron chi connectivity index (χ3n) is 3.20. The summed E-state index contributed by atoms with van der Waals surface area (Å²) in [5, 5.41) is 8.76. The minimum atomic E-state index is -1.11. The number of rotatable bonds is 6. The molecular weight excluding hydrogens is 318 g/mol. The van der Waals surface area contributed by atoms with Crippen LogP contribution >= 0.6 is 0 Å². The number of ether oxygens (including phenoxy) is 1. The Morgan fingerprint density at radius 2 is 1.67 bits per heavy atom. The van der Waals surface area contributed by atoms with Gasteiger partial charge in [0.15, 0.2) is 11.9 Å². The highest BCUT2D eigenvalue weighted by atomic mass is 19.1. The molecule has 1 N–H and O–H groups in total. The molecule has 4 nitrogen and oxygen atoms in total. The first-order chi connectivity index (χ1) is 11.4. The van der Waals surface area contributed by atoms with Crippen molar-refractivity contribution < 1.29 is 28.2 Å². The van der Waals surface area contributed by atoms with Crippen LogP contribution in [0.5, 0.6) is 5.75 Å². The molecule has 0 aliphatic rings. The second-order valence-electron chi connectivity index (χ2n) is 4.96. The lowest BCUT2D eigenvalue weighted by Gasteiger charge is -2.10. The molecule has 1 atom stereocenters. The first kappa shape index (κ1) is 17.3. The molecule has 24 heavy (non-hydrogen) atoms. The first-order valence-electron chi connectivity index (χ1n) is 7.04. The molecule has 0 fully saturated rings. The average Bonchev–Trinajstić information content (AvgIpc) is 2.54. The summed E-state index contributed by atoms with van der Waals surface area (Å²) in [6.07, 6.45) is 1.12. The van der Waals surface area contributed by atoms with Crippen molar-refractivity contribution in [1.82, 2.24) is 0 Å². The summed E-state index contributed by atoms with van der Waals surface area (Å²) in [6, 6.07) is 9.21. The van der Waals surface area contributed by atoms with Gasteiger partial charge >= 0.3 is 5.97 Å². The average molecular weight is 332 g/mol. The third-order valence-corrected chi connectivity index (χ3v) is 3.20. The molecule has 0 spiro atoms. The Kier molecular flexibility index (Phi) is 5.42. The van der Waals surface area contributed by atoms with Crippen LogP contribution in [0.25, 0.3) is 6.08 Å². The normalized spacial score (nSPS) is 12.1. The number of hydrogen-bond donors (Lipinski definition) is 1. The number of allylic oxidation sites excluding steroid dienone is 1. The van der Waals surface area contributed by atoms with Crippen LogP contribution in [0.1, 0.15) is 22.8 Å². The van der Waals surface area contributed by atoms with E-state index in [4.69, 9.17) is 9.84 Å². The zero-order valence-corrected chi connectivity index (χ0v) is 12.7. The van der Waals surface area contributed by atoms with Gasteiger partial charge in [0.2, 0.25) is 0 Å². The van der Waals surface area contributed by atoms with Gasteiger partial charge in [-0.05, 0) is 55.5 Å². The summed E-state index contributed by atoms with van der Waals surface area (Å²) in [5.74, 6) is -2.78. The molecule has 0 radical (unpaired) electrons. The summed E-state index contributed by atoms with van der Waals surface area (Å²) >= 11 is 0. The summed E-state index contributed by atoms with van der Waals surface area (Å²) in [5.41, 5.74) is -0.0144. The number of carbonyl (C=O) groups excluding carboxylic acids is 1. The maximum atomic E-state index is 13.5. The van der Waals surface area contributed by atoms with E-state index in [1.165, 1.54) is 37.3 Å². The third kappa shape index (κ3) is 4.25. The number of ketones is 1. The minimum Gasteiger partial charge on any atom is -0.479 e. The van der Waals surface area contributed by atoms with E-state index in [9.17, 15) is 18.4 Å². The molecule has 0 aromatic heterocycles. The molecule has 0 saturated carbocycles. The quantitative estimate of drug-likeness (QED) is 0.647. The monoisotopic (exact) mass is 332 g/mol. The van der Waals surface area contributed by atoms with Gasteiger partial charge < -0.3 is 9.84 Å². The highest BCUT2D eigenvalue weighted by molar-refractivity contribution is 6.06. The van der Waals surface area contributed by atoms with E-state index in [0.717, 1.165) is 24.3 Å². The molecule has 0 saturated heterocycles. The van der Waals surface area contributed by atoms with Gasteiger partial charge in [-0.1, -0.05) is 6.07 Å². The van der Waals surface area contributed by atoms with Crippen LogP contribution in [-0.4, -0.2) is 23.0 Å². The van der Waals surface area contributed by atoms with Gasteiger partial charge in [-0.25, -0.2) is 13.6 Å². The topological polar surface area (TPSA) is 63.6 Å². The van der Waals surface area contributed by atoms with E-state index in [1.807, 2.05) is 0 Å². The predicted octanol–water partition coefficient (Wildman–Crippen LogP) is 3.71. The summed E-state index contributed by atoms with van der Waals surface area (Å²) < 4.78 is 32.1. The van der Waals surface area contributed by atoms with Crippen molar-refractivity contribution in [2.24, 2.45) is 0 Å². The van der Waals surface area contributed by atoms with Gasteiger partial charge in [-0.3, -0.25) is 4.79 Å².